The molecule has 0 aromatic carbocycles. The summed E-state index contributed by atoms with van der Waals surface area (Å²) in [6.07, 6.45) is 6.09. The molecule has 3 nitrogen and oxygen atoms in total. The number of nitrogens with zero attached hydrogens (tertiary/aromatic N) is 2. The largest absolute Gasteiger partial charge is 0.338 e. The fourth-order valence-corrected chi connectivity index (χ4v) is 2.37. The van der Waals surface area contributed by atoms with Gasteiger partial charge in [-0.25, -0.2) is 4.98 Å². The summed E-state index contributed by atoms with van der Waals surface area (Å²) < 4.78 is 2.10. The van der Waals surface area contributed by atoms with Gasteiger partial charge in [0.15, 0.2) is 0 Å². The van der Waals surface area contributed by atoms with E-state index >= 15 is 0 Å². The molecule has 0 saturated heterocycles. The van der Waals surface area contributed by atoms with E-state index in [1.54, 1.807) is 0 Å². The SMILES string of the molecule is CCSCC(CCc1nccn1C)NC. The van der Waals surface area contributed by atoms with E-state index in [-0.39, 0.29) is 0 Å². The van der Waals surface area contributed by atoms with Crippen molar-refractivity contribution in [3.05, 3.63) is 18.2 Å². The Labute approximate surface area is 96.7 Å². The molecule has 0 spiro atoms. The summed E-state index contributed by atoms with van der Waals surface area (Å²) in [4.78, 5) is 4.33. The lowest BCUT2D eigenvalue weighted by atomic mass is 10.2. The van der Waals surface area contributed by atoms with E-state index in [1.165, 1.54) is 17.3 Å². The first-order chi connectivity index (χ1) is 7.27. The minimum atomic E-state index is 0.603. The molecule has 1 rings (SSSR count). The van der Waals surface area contributed by atoms with Gasteiger partial charge in [-0.1, -0.05) is 6.92 Å². The van der Waals surface area contributed by atoms with Crippen molar-refractivity contribution in [3.63, 3.8) is 0 Å². The van der Waals surface area contributed by atoms with E-state index in [0.717, 1.165) is 12.8 Å². The molecule has 15 heavy (non-hydrogen) atoms. The molecule has 0 amide bonds. The van der Waals surface area contributed by atoms with Gasteiger partial charge in [0.25, 0.3) is 0 Å². The molecule has 1 aromatic heterocycles. The summed E-state index contributed by atoms with van der Waals surface area (Å²) in [5.74, 6) is 3.56. The minimum Gasteiger partial charge on any atom is -0.338 e. The van der Waals surface area contributed by atoms with Crippen LogP contribution in [0.4, 0.5) is 0 Å². The van der Waals surface area contributed by atoms with Gasteiger partial charge in [0.1, 0.15) is 5.82 Å². The van der Waals surface area contributed by atoms with Crippen LogP contribution in [0.5, 0.6) is 0 Å². The normalized spacial score (nSPS) is 13.0. The highest BCUT2D eigenvalue weighted by molar-refractivity contribution is 7.99. The smallest absolute Gasteiger partial charge is 0.108 e. The zero-order valence-corrected chi connectivity index (χ0v) is 10.7. The van der Waals surface area contributed by atoms with Crippen LogP contribution in [-0.2, 0) is 13.5 Å². The summed E-state index contributed by atoms with van der Waals surface area (Å²) in [6.45, 7) is 2.20. The Morgan fingerprint density at radius 3 is 2.93 bits per heavy atom. The van der Waals surface area contributed by atoms with Crippen molar-refractivity contribution < 1.29 is 0 Å². The van der Waals surface area contributed by atoms with Crippen LogP contribution < -0.4 is 5.32 Å². The van der Waals surface area contributed by atoms with Crippen molar-refractivity contribution >= 4 is 11.8 Å². The van der Waals surface area contributed by atoms with Gasteiger partial charge in [0, 0.05) is 37.7 Å². The molecule has 4 heteroatoms. The molecule has 1 atom stereocenters. The topological polar surface area (TPSA) is 29.9 Å². The number of hydrogen-bond acceptors (Lipinski definition) is 3. The Balaban J connectivity index is 2.31. The van der Waals surface area contributed by atoms with Crippen LogP contribution in [0.15, 0.2) is 12.4 Å². The molecule has 0 fully saturated rings. The molecule has 86 valence electrons. The lowest BCUT2D eigenvalue weighted by Crippen LogP contribution is -2.28. The van der Waals surface area contributed by atoms with E-state index < -0.39 is 0 Å². The van der Waals surface area contributed by atoms with Gasteiger partial charge < -0.3 is 9.88 Å². The summed E-state index contributed by atoms with van der Waals surface area (Å²) in [6, 6.07) is 0.603. The Morgan fingerprint density at radius 2 is 2.40 bits per heavy atom. The van der Waals surface area contributed by atoms with Crippen molar-refractivity contribution in [1.29, 1.82) is 0 Å². The first-order valence-electron chi connectivity index (χ1n) is 5.49. The number of imidazole rings is 1. The fourth-order valence-electron chi connectivity index (χ4n) is 1.51. The van der Waals surface area contributed by atoms with Gasteiger partial charge in [0.2, 0.25) is 0 Å². The lowest BCUT2D eigenvalue weighted by Gasteiger charge is -2.14. The Bertz CT molecular complexity index is 273. The summed E-state index contributed by atoms with van der Waals surface area (Å²) in [5.41, 5.74) is 0. The summed E-state index contributed by atoms with van der Waals surface area (Å²) >= 11 is 1.99. The second-order valence-corrected chi connectivity index (χ2v) is 4.96. The van der Waals surface area contributed by atoms with Gasteiger partial charge in [-0.2, -0.15) is 11.8 Å². The van der Waals surface area contributed by atoms with Crippen molar-refractivity contribution in [3.8, 4) is 0 Å². The first kappa shape index (κ1) is 12.6. The second-order valence-electron chi connectivity index (χ2n) is 3.64. The van der Waals surface area contributed by atoms with Gasteiger partial charge in [-0.15, -0.1) is 0 Å². The highest BCUT2D eigenvalue weighted by Crippen LogP contribution is 2.08. The van der Waals surface area contributed by atoms with Crippen LogP contribution in [0, 0.1) is 0 Å². The van der Waals surface area contributed by atoms with Gasteiger partial charge in [-0.05, 0) is 19.2 Å². The minimum absolute atomic E-state index is 0.603. The average Bonchev–Trinajstić information content (AvgIpc) is 2.65. The monoisotopic (exact) mass is 227 g/mol. The predicted molar refractivity (Wildman–Crippen MR) is 67.4 cm³/mol. The third kappa shape index (κ3) is 4.26. The zero-order valence-electron chi connectivity index (χ0n) is 9.86. The molecule has 0 aliphatic heterocycles. The molecular weight excluding hydrogens is 206 g/mol. The maximum Gasteiger partial charge on any atom is 0.108 e. The highest BCUT2D eigenvalue weighted by atomic mass is 32.2. The van der Waals surface area contributed by atoms with Crippen LogP contribution in [0.2, 0.25) is 0 Å². The van der Waals surface area contributed by atoms with Crippen LogP contribution in [0.25, 0.3) is 0 Å². The summed E-state index contributed by atoms with van der Waals surface area (Å²) in [7, 11) is 4.09. The van der Waals surface area contributed by atoms with Crippen molar-refractivity contribution in [2.45, 2.75) is 25.8 Å². The molecule has 1 N–H and O–H groups in total. The number of nitrogens with one attached hydrogen (secondary N) is 1. The molecule has 0 aliphatic rings. The van der Waals surface area contributed by atoms with Gasteiger partial charge in [-0.3, -0.25) is 0 Å². The Hall–Kier alpha value is -0.480. The lowest BCUT2D eigenvalue weighted by molar-refractivity contribution is 0.557. The van der Waals surface area contributed by atoms with Gasteiger partial charge in [0.05, 0.1) is 0 Å². The van der Waals surface area contributed by atoms with E-state index in [2.05, 4.69) is 28.8 Å². The summed E-state index contributed by atoms with van der Waals surface area (Å²) in [5, 5.41) is 3.36. The maximum atomic E-state index is 4.33. The third-order valence-corrected chi connectivity index (χ3v) is 3.62. The van der Waals surface area contributed by atoms with Crippen molar-refractivity contribution in [2.24, 2.45) is 7.05 Å². The van der Waals surface area contributed by atoms with Crippen LogP contribution in [0.3, 0.4) is 0 Å². The maximum absolute atomic E-state index is 4.33. The molecule has 1 unspecified atom stereocenters. The number of aryl methyl sites for hydroxylation is 2. The zero-order chi connectivity index (χ0) is 11.1. The fraction of sp³-hybridized carbons (Fsp3) is 0.727. The molecular formula is C11H21N3S. The van der Waals surface area contributed by atoms with Crippen LogP contribution in [-0.4, -0.2) is 34.1 Å². The highest BCUT2D eigenvalue weighted by Gasteiger charge is 2.07. The average molecular weight is 227 g/mol. The number of rotatable bonds is 7. The molecule has 0 radical (unpaired) electrons. The molecule has 0 bridgehead atoms. The first-order valence-corrected chi connectivity index (χ1v) is 6.64. The number of hydrogen-bond donors (Lipinski definition) is 1. The number of thioether (sulfide) groups is 1. The van der Waals surface area contributed by atoms with Crippen molar-refractivity contribution in [1.82, 2.24) is 14.9 Å². The van der Waals surface area contributed by atoms with E-state index in [0.29, 0.717) is 6.04 Å². The quantitative estimate of drug-likeness (QED) is 0.769. The third-order valence-electron chi connectivity index (χ3n) is 2.57. The Kier molecular flexibility index (Phi) is 5.79. The Morgan fingerprint density at radius 1 is 1.60 bits per heavy atom. The van der Waals surface area contributed by atoms with Crippen molar-refractivity contribution in [2.75, 3.05) is 18.6 Å². The standard InChI is InChI=1S/C11H21N3S/c1-4-15-9-10(12-2)5-6-11-13-7-8-14(11)3/h7-8,10,12H,4-6,9H2,1-3H3. The number of aromatic nitrogens is 2. The van der Waals surface area contributed by atoms with Gasteiger partial charge >= 0.3 is 0 Å². The predicted octanol–water partition coefficient (Wildman–Crippen LogP) is 1.69. The van der Waals surface area contributed by atoms with E-state index in [9.17, 15) is 0 Å². The van der Waals surface area contributed by atoms with E-state index in [4.69, 9.17) is 0 Å². The molecule has 1 aromatic rings. The van der Waals surface area contributed by atoms with Crippen LogP contribution >= 0.6 is 11.8 Å². The molecule has 1 heterocycles. The molecule has 0 aliphatic carbocycles. The molecule has 0 saturated carbocycles. The second kappa shape index (κ2) is 6.90. The van der Waals surface area contributed by atoms with E-state index in [1.807, 2.05) is 31.2 Å². The van der Waals surface area contributed by atoms with Crippen LogP contribution in [0.1, 0.15) is 19.2 Å².